The van der Waals surface area contributed by atoms with Crippen LogP contribution in [-0.4, -0.2) is 34.6 Å². The zero-order valence-electron chi connectivity index (χ0n) is 10.6. The Labute approximate surface area is 107 Å². The van der Waals surface area contributed by atoms with Gasteiger partial charge in [-0.3, -0.25) is 4.79 Å². The summed E-state index contributed by atoms with van der Waals surface area (Å²) >= 11 is 0. The second-order valence-electron chi connectivity index (χ2n) is 4.78. The van der Waals surface area contributed by atoms with Gasteiger partial charge in [0.2, 0.25) is 0 Å². The molecule has 1 aliphatic carbocycles. The minimum Gasteiger partial charge on any atom is -0.340 e. The molecule has 6 nitrogen and oxygen atoms in total. The first-order valence-corrected chi connectivity index (χ1v) is 6.26. The van der Waals surface area contributed by atoms with Gasteiger partial charge in [-0.15, -0.1) is 10.2 Å². The highest BCUT2D eigenvalue weighted by molar-refractivity contribution is 5.92. The SMILES string of the molecule is CN(CC1CCCC1)C(=O)c1ccc(NN)nn1. The molecule has 1 aliphatic rings. The van der Waals surface area contributed by atoms with Crippen molar-refractivity contribution in [2.45, 2.75) is 25.7 Å². The molecule has 1 fully saturated rings. The molecular formula is C12H19N5O. The van der Waals surface area contributed by atoms with Crippen LogP contribution in [0, 0.1) is 5.92 Å². The first kappa shape index (κ1) is 12.8. The number of hydrazine groups is 1. The Morgan fingerprint density at radius 1 is 1.44 bits per heavy atom. The predicted octanol–water partition coefficient (Wildman–Crippen LogP) is 1.02. The van der Waals surface area contributed by atoms with Crippen LogP contribution in [0.5, 0.6) is 0 Å². The van der Waals surface area contributed by atoms with Gasteiger partial charge in [0.25, 0.3) is 5.91 Å². The molecule has 0 aromatic carbocycles. The highest BCUT2D eigenvalue weighted by Gasteiger charge is 2.21. The number of nitrogen functional groups attached to an aromatic ring is 1. The fourth-order valence-corrected chi connectivity index (χ4v) is 2.38. The van der Waals surface area contributed by atoms with E-state index in [-0.39, 0.29) is 5.91 Å². The van der Waals surface area contributed by atoms with E-state index < -0.39 is 0 Å². The van der Waals surface area contributed by atoms with E-state index in [0.29, 0.717) is 17.4 Å². The van der Waals surface area contributed by atoms with Gasteiger partial charge in [0, 0.05) is 13.6 Å². The summed E-state index contributed by atoms with van der Waals surface area (Å²) in [5.74, 6) is 6.20. The third-order valence-corrected chi connectivity index (χ3v) is 3.39. The van der Waals surface area contributed by atoms with Crippen LogP contribution in [0.2, 0.25) is 0 Å². The fraction of sp³-hybridized carbons (Fsp3) is 0.583. The molecule has 1 aromatic rings. The Balaban J connectivity index is 1.95. The molecule has 0 unspecified atom stereocenters. The smallest absolute Gasteiger partial charge is 0.274 e. The van der Waals surface area contributed by atoms with Crippen LogP contribution in [0.25, 0.3) is 0 Å². The number of hydrogen-bond donors (Lipinski definition) is 2. The number of aromatic nitrogens is 2. The van der Waals surface area contributed by atoms with Crippen molar-refractivity contribution in [1.82, 2.24) is 15.1 Å². The molecule has 0 atom stereocenters. The normalized spacial score (nSPS) is 15.7. The van der Waals surface area contributed by atoms with Crippen molar-refractivity contribution in [3.8, 4) is 0 Å². The van der Waals surface area contributed by atoms with Crippen molar-refractivity contribution >= 4 is 11.7 Å². The maximum atomic E-state index is 12.1. The van der Waals surface area contributed by atoms with E-state index in [0.717, 1.165) is 6.54 Å². The number of nitrogens with two attached hydrogens (primary N) is 1. The van der Waals surface area contributed by atoms with Gasteiger partial charge in [0.1, 0.15) is 0 Å². The molecule has 1 amide bonds. The lowest BCUT2D eigenvalue weighted by Crippen LogP contribution is -2.31. The standard InChI is InChI=1S/C12H19N5O/c1-17(8-9-4-2-3-5-9)12(18)10-6-7-11(14-13)16-15-10/h6-7,9H,2-5,8,13H2,1H3,(H,14,16). The Bertz CT molecular complexity index is 399. The van der Waals surface area contributed by atoms with Gasteiger partial charge >= 0.3 is 0 Å². The largest absolute Gasteiger partial charge is 0.340 e. The highest BCUT2D eigenvalue weighted by Crippen LogP contribution is 2.25. The lowest BCUT2D eigenvalue weighted by atomic mass is 10.1. The van der Waals surface area contributed by atoms with E-state index >= 15 is 0 Å². The maximum Gasteiger partial charge on any atom is 0.274 e. The number of carbonyl (C=O) groups is 1. The van der Waals surface area contributed by atoms with E-state index in [1.807, 2.05) is 7.05 Å². The summed E-state index contributed by atoms with van der Waals surface area (Å²) in [6.07, 6.45) is 5.01. The number of nitrogens with one attached hydrogen (secondary N) is 1. The number of hydrogen-bond acceptors (Lipinski definition) is 5. The van der Waals surface area contributed by atoms with E-state index in [4.69, 9.17) is 5.84 Å². The topological polar surface area (TPSA) is 84.1 Å². The van der Waals surface area contributed by atoms with Gasteiger partial charge in [-0.05, 0) is 30.9 Å². The number of nitrogens with zero attached hydrogens (tertiary/aromatic N) is 3. The maximum absolute atomic E-state index is 12.1. The van der Waals surface area contributed by atoms with Crippen molar-refractivity contribution < 1.29 is 4.79 Å². The average molecular weight is 249 g/mol. The van der Waals surface area contributed by atoms with Gasteiger partial charge in [0.15, 0.2) is 11.5 Å². The van der Waals surface area contributed by atoms with Crippen LogP contribution in [0.1, 0.15) is 36.2 Å². The molecule has 1 aromatic heterocycles. The molecule has 3 N–H and O–H groups in total. The lowest BCUT2D eigenvalue weighted by Gasteiger charge is -2.20. The Hall–Kier alpha value is -1.69. The van der Waals surface area contributed by atoms with Gasteiger partial charge in [0.05, 0.1) is 0 Å². The summed E-state index contributed by atoms with van der Waals surface area (Å²) in [6.45, 7) is 0.803. The molecule has 0 radical (unpaired) electrons. The van der Waals surface area contributed by atoms with Crippen molar-refractivity contribution in [1.29, 1.82) is 0 Å². The minimum atomic E-state index is -0.0852. The van der Waals surface area contributed by atoms with Crippen molar-refractivity contribution in [2.75, 3.05) is 19.0 Å². The second-order valence-corrected chi connectivity index (χ2v) is 4.78. The van der Waals surface area contributed by atoms with Gasteiger partial charge in [-0.2, -0.15) is 0 Å². The van der Waals surface area contributed by atoms with E-state index in [2.05, 4.69) is 15.6 Å². The van der Waals surface area contributed by atoms with E-state index in [1.165, 1.54) is 25.7 Å². The average Bonchev–Trinajstić information content (AvgIpc) is 2.91. The second kappa shape index (κ2) is 5.77. The quantitative estimate of drug-likeness (QED) is 0.615. The van der Waals surface area contributed by atoms with Gasteiger partial charge in [-0.1, -0.05) is 12.8 Å². The summed E-state index contributed by atoms with van der Waals surface area (Å²) in [5.41, 5.74) is 2.74. The molecule has 0 aliphatic heterocycles. The first-order chi connectivity index (χ1) is 8.70. The minimum absolute atomic E-state index is 0.0852. The molecule has 6 heteroatoms. The molecular weight excluding hydrogens is 230 g/mol. The first-order valence-electron chi connectivity index (χ1n) is 6.26. The molecule has 0 saturated heterocycles. The van der Waals surface area contributed by atoms with Gasteiger partial charge < -0.3 is 10.3 Å². The summed E-state index contributed by atoms with van der Waals surface area (Å²) < 4.78 is 0. The van der Waals surface area contributed by atoms with Crippen LogP contribution < -0.4 is 11.3 Å². The summed E-state index contributed by atoms with van der Waals surface area (Å²) in [6, 6.07) is 3.28. The Morgan fingerprint density at radius 3 is 2.72 bits per heavy atom. The monoisotopic (exact) mass is 249 g/mol. The zero-order chi connectivity index (χ0) is 13.0. The van der Waals surface area contributed by atoms with Crippen LogP contribution in [0.15, 0.2) is 12.1 Å². The highest BCUT2D eigenvalue weighted by atomic mass is 16.2. The number of carbonyl (C=O) groups excluding carboxylic acids is 1. The summed E-state index contributed by atoms with van der Waals surface area (Å²) in [5, 5.41) is 7.66. The number of rotatable bonds is 4. The van der Waals surface area contributed by atoms with Crippen molar-refractivity contribution in [2.24, 2.45) is 11.8 Å². The van der Waals surface area contributed by atoms with Crippen LogP contribution in [0.4, 0.5) is 5.82 Å². The van der Waals surface area contributed by atoms with E-state index in [9.17, 15) is 4.79 Å². The predicted molar refractivity (Wildman–Crippen MR) is 68.8 cm³/mol. The zero-order valence-corrected chi connectivity index (χ0v) is 10.6. The molecule has 0 bridgehead atoms. The van der Waals surface area contributed by atoms with Gasteiger partial charge in [-0.25, -0.2) is 5.84 Å². The Kier molecular flexibility index (Phi) is 4.09. The number of anilines is 1. The van der Waals surface area contributed by atoms with Crippen molar-refractivity contribution in [3.63, 3.8) is 0 Å². The fourth-order valence-electron chi connectivity index (χ4n) is 2.38. The molecule has 2 rings (SSSR count). The third-order valence-electron chi connectivity index (χ3n) is 3.39. The summed E-state index contributed by atoms with van der Waals surface area (Å²) in [7, 11) is 1.82. The van der Waals surface area contributed by atoms with Crippen LogP contribution >= 0.6 is 0 Å². The van der Waals surface area contributed by atoms with Crippen LogP contribution in [0.3, 0.4) is 0 Å². The number of amides is 1. The molecule has 1 heterocycles. The van der Waals surface area contributed by atoms with Crippen LogP contribution in [-0.2, 0) is 0 Å². The molecule has 18 heavy (non-hydrogen) atoms. The van der Waals surface area contributed by atoms with Crippen molar-refractivity contribution in [3.05, 3.63) is 17.8 Å². The molecule has 0 spiro atoms. The summed E-state index contributed by atoms with van der Waals surface area (Å²) in [4.78, 5) is 13.8. The molecule has 98 valence electrons. The van der Waals surface area contributed by atoms with E-state index in [1.54, 1.807) is 17.0 Å². The third kappa shape index (κ3) is 2.95. The Morgan fingerprint density at radius 2 is 2.17 bits per heavy atom. The lowest BCUT2D eigenvalue weighted by molar-refractivity contribution is 0.0766. The molecule has 1 saturated carbocycles.